The van der Waals surface area contributed by atoms with Crippen molar-refractivity contribution in [3.8, 4) is 5.75 Å². The summed E-state index contributed by atoms with van der Waals surface area (Å²) in [6, 6.07) is 12.4. The fraction of sp³-hybridized carbons (Fsp3) is 0.263. The lowest BCUT2D eigenvalue weighted by atomic mass is 10.1. The summed E-state index contributed by atoms with van der Waals surface area (Å²) >= 11 is 5.94. The maximum absolute atomic E-state index is 12.4. The number of benzene rings is 2. The molecule has 3 aromatic rings. The van der Waals surface area contributed by atoms with E-state index in [0.717, 1.165) is 11.3 Å². The first-order valence-corrected chi connectivity index (χ1v) is 8.89. The van der Waals surface area contributed by atoms with Crippen LogP contribution in [-0.2, 0) is 6.61 Å². The quantitative estimate of drug-likeness (QED) is 0.692. The highest BCUT2D eigenvalue weighted by atomic mass is 35.5. The number of hydrogen-bond donors (Lipinski definition) is 1. The summed E-state index contributed by atoms with van der Waals surface area (Å²) < 4.78 is 7.42. The number of rotatable bonds is 6. The summed E-state index contributed by atoms with van der Waals surface area (Å²) in [5, 5.41) is 15.1. The molecule has 0 aliphatic carbocycles. The second-order valence-electron chi connectivity index (χ2n) is 6.36. The van der Waals surface area contributed by atoms with Crippen LogP contribution in [0.3, 0.4) is 0 Å². The van der Waals surface area contributed by atoms with Gasteiger partial charge in [0.05, 0.1) is 6.04 Å². The largest absolute Gasteiger partial charge is 0.486 e. The second kappa shape index (κ2) is 8.18. The number of carbonyl (C=O) groups excluding carboxylic acids is 1. The van der Waals surface area contributed by atoms with Gasteiger partial charge in [-0.05, 0) is 79.2 Å². The van der Waals surface area contributed by atoms with Gasteiger partial charge in [0, 0.05) is 16.3 Å². The van der Waals surface area contributed by atoms with Crippen molar-refractivity contribution < 1.29 is 9.53 Å². The van der Waals surface area contributed by atoms with E-state index in [1.165, 1.54) is 0 Å². The Kier molecular flexibility index (Phi) is 5.71. The maximum atomic E-state index is 12.4. The number of nitrogens with one attached hydrogen (secondary N) is 1. The molecule has 27 heavy (non-hydrogen) atoms. The summed E-state index contributed by atoms with van der Waals surface area (Å²) in [5.74, 6) is 1.08. The Morgan fingerprint density at radius 2 is 1.96 bits per heavy atom. The Labute approximate surface area is 162 Å². The molecule has 0 aliphatic heterocycles. The van der Waals surface area contributed by atoms with Crippen LogP contribution >= 0.6 is 11.6 Å². The van der Waals surface area contributed by atoms with Gasteiger partial charge in [-0.3, -0.25) is 4.79 Å². The van der Waals surface area contributed by atoms with E-state index >= 15 is 0 Å². The predicted octanol–water partition coefficient (Wildman–Crippen LogP) is 4.05. The Morgan fingerprint density at radius 3 is 2.63 bits per heavy atom. The zero-order valence-corrected chi connectivity index (χ0v) is 16.1. The van der Waals surface area contributed by atoms with Crippen LogP contribution in [0.25, 0.3) is 0 Å². The number of anilines is 1. The summed E-state index contributed by atoms with van der Waals surface area (Å²) in [5.41, 5.74) is 2.16. The van der Waals surface area contributed by atoms with E-state index in [1.807, 2.05) is 20.8 Å². The molecule has 0 bridgehead atoms. The first kappa shape index (κ1) is 18.8. The SMILES string of the molecule is Cc1cc(Cl)ccc1NC(=O)c1ccc(OCc2nnnn2C(C)C)cc1. The lowest BCUT2D eigenvalue weighted by Gasteiger charge is -2.10. The number of aromatic nitrogens is 4. The van der Waals surface area contributed by atoms with Crippen molar-refractivity contribution in [1.82, 2.24) is 20.2 Å². The third-order valence-electron chi connectivity index (χ3n) is 3.97. The first-order chi connectivity index (χ1) is 12.9. The maximum Gasteiger partial charge on any atom is 0.255 e. The molecule has 0 fully saturated rings. The number of halogens is 1. The molecular formula is C19H20ClN5O2. The summed E-state index contributed by atoms with van der Waals surface area (Å²) in [4.78, 5) is 12.4. The molecule has 1 heterocycles. The number of carbonyl (C=O) groups is 1. The first-order valence-electron chi connectivity index (χ1n) is 8.51. The zero-order chi connectivity index (χ0) is 19.4. The lowest BCUT2D eigenvalue weighted by molar-refractivity contribution is 0.102. The second-order valence-corrected chi connectivity index (χ2v) is 6.80. The van der Waals surface area contributed by atoms with Gasteiger partial charge in [0.2, 0.25) is 0 Å². The van der Waals surface area contributed by atoms with Crippen LogP contribution in [-0.4, -0.2) is 26.1 Å². The minimum absolute atomic E-state index is 0.154. The van der Waals surface area contributed by atoms with Crippen LogP contribution in [0.15, 0.2) is 42.5 Å². The molecule has 8 heteroatoms. The lowest BCUT2D eigenvalue weighted by Crippen LogP contribution is -2.13. The average Bonchev–Trinajstić information content (AvgIpc) is 3.11. The van der Waals surface area contributed by atoms with Crippen LogP contribution in [0.4, 0.5) is 5.69 Å². The highest BCUT2D eigenvalue weighted by molar-refractivity contribution is 6.30. The Morgan fingerprint density at radius 1 is 1.22 bits per heavy atom. The van der Waals surface area contributed by atoms with Gasteiger partial charge < -0.3 is 10.1 Å². The van der Waals surface area contributed by atoms with Crippen molar-refractivity contribution in [2.24, 2.45) is 0 Å². The highest BCUT2D eigenvalue weighted by Gasteiger charge is 2.11. The topological polar surface area (TPSA) is 81.9 Å². The van der Waals surface area contributed by atoms with E-state index < -0.39 is 0 Å². The van der Waals surface area contributed by atoms with E-state index in [4.69, 9.17) is 16.3 Å². The van der Waals surface area contributed by atoms with Crippen LogP contribution in [0.2, 0.25) is 5.02 Å². The molecule has 1 N–H and O–H groups in total. The van der Waals surface area contributed by atoms with E-state index in [0.29, 0.717) is 22.2 Å². The molecule has 2 aromatic carbocycles. The molecule has 1 amide bonds. The number of tetrazole rings is 1. The predicted molar refractivity (Wildman–Crippen MR) is 103 cm³/mol. The molecule has 0 aliphatic rings. The van der Waals surface area contributed by atoms with E-state index in [9.17, 15) is 4.79 Å². The van der Waals surface area contributed by atoms with Crippen molar-refractivity contribution in [1.29, 1.82) is 0 Å². The molecule has 0 radical (unpaired) electrons. The third kappa shape index (κ3) is 4.62. The van der Waals surface area contributed by atoms with Gasteiger partial charge in [-0.2, -0.15) is 0 Å². The molecule has 7 nitrogen and oxygen atoms in total. The van der Waals surface area contributed by atoms with Gasteiger partial charge in [-0.1, -0.05) is 11.6 Å². The summed E-state index contributed by atoms with van der Waals surface area (Å²) in [6.45, 7) is 6.13. The Balaban J connectivity index is 1.62. The molecular weight excluding hydrogens is 366 g/mol. The molecule has 0 unspecified atom stereocenters. The van der Waals surface area contributed by atoms with Gasteiger partial charge in [0.15, 0.2) is 5.82 Å². The molecule has 3 rings (SSSR count). The minimum Gasteiger partial charge on any atom is -0.486 e. The van der Waals surface area contributed by atoms with Gasteiger partial charge in [0.25, 0.3) is 5.91 Å². The molecule has 0 spiro atoms. The molecule has 0 saturated heterocycles. The van der Waals surface area contributed by atoms with Crippen LogP contribution in [0, 0.1) is 6.92 Å². The van der Waals surface area contributed by atoms with E-state index in [1.54, 1.807) is 47.1 Å². The zero-order valence-electron chi connectivity index (χ0n) is 15.3. The molecule has 140 valence electrons. The standard InChI is InChI=1S/C19H20ClN5O2/c1-12(2)25-18(22-23-24-25)11-27-16-7-4-14(5-8-16)19(26)21-17-9-6-15(20)10-13(17)3/h4-10,12H,11H2,1-3H3,(H,21,26). The van der Waals surface area contributed by atoms with Gasteiger partial charge in [-0.15, -0.1) is 5.10 Å². The van der Waals surface area contributed by atoms with E-state index in [2.05, 4.69) is 20.8 Å². The number of amides is 1. The normalized spacial score (nSPS) is 10.9. The van der Waals surface area contributed by atoms with Crippen molar-refractivity contribution >= 4 is 23.2 Å². The number of aryl methyl sites for hydroxylation is 1. The molecule has 1 aromatic heterocycles. The highest BCUT2D eigenvalue weighted by Crippen LogP contribution is 2.21. The van der Waals surface area contributed by atoms with Crippen molar-refractivity contribution in [2.75, 3.05) is 5.32 Å². The fourth-order valence-corrected chi connectivity index (χ4v) is 2.75. The number of ether oxygens (including phenoxy) is 1. The summed E-state index contributed by atoms with van der Waals surface area (Å²) in [7, 11) is 0. The smallest absolute Gasteiger partial charge is 0.255 e. The number of nitrogens with zero attached hydrogens (tertiary/aromatic N) is 4. The minimum atomic E-state index is -0.198. The van der Waals surface area contributed by atoms with Crippen LogP contribution in [0.5, 0.6) is 5.75 Å². The van der Waals surface area contributed by atoms with Crippen LogP contribution < -0.4 is 10.1 Å². The van der Waals surface area contributed by atoms with Gasteiger partial charge >= 0.3 is 0 Å². The average molecular weight is 386 g/mol. The van der Waals surface area contributed by atoms with Crippen molar-refractivity contribution in [2.45, 2.75) is 33.4 Å². The Bertz CT molecular complexity index is 938. The molecule has 0 atom stereocenters. The van der Waals surface area contributed by atoms with Crippen molar-refractivity contribution in [3.05, 3.63) is 64.4 Å². The van der Waals surface area contributed by atoms with Gasteiger partial charge in [-0.25, -0.2) is 4.68 Å². The van der Waals surface area contributed by atoms with Gasteiger partial charge in [0.1, 0.15) is 12.4 Å². The Hall–Kier alpha value is -2.93. The van der Waals surface area contributed by atoms with Crippen molar-refractivity contribution in [3.63, 3.8) is 0 Å². The summed E-state index contributed by atoms with van der Waals surface area (Å²) in [6.07, 6.45) is 0. The van der Waals surface area contributed by atoms with E-state index in [-0.39, 0.29) is 18.6 Å². The van der Waals surface area contributed by atoms with Crippen LogP contribution in [0.1, 0.15) is 41.6 Å². The number of hydrogen-bond acceptors (Lipinski definition) is 5. The third-order valence-corrected chi connectivity index (χ3v) is 4.21. The fourth-order valence-electron chi connectivity index (χ4n) is 2.52. The monoisotopic (exact) mass is 385 g/mol. The molecule has 0 saturated carbocycles.